The molecule has 1 amide bonds. The Morgan fingerprint density at radius 3 is 2.56 bits per heavy atom. The van der Waals surface area contributed by atoms with Crippen molar-refractivity contribution in [3.8, 4) is 0 Å². The Kier molecular flexibility index (Phi) is 4.00. The first kappa shape index (κ1) is 8.39. The molecule has 1 atom stereocenters. The Morgan fingerprint density at radius 2 is 2.22 bits per heavy atom. The third kappa shape index (κ3) is 5.26. The topological polar surface area (TPSA) is 83.6 Å². The maximum absolute atomic E-state index is 10.0. The minimum absolute atomic E-state index is 0.127. The van der Waals surface area contributed by atoms with Gasteiger partial charge in [0, 0.05) is 6.42 Å². The highest BCUT2D eigenvalue weighted by Gasteiger charge is 2.02. The summed E-state index contributed by atoms with van der Waals surface area (Å²) in [5.41, 5.74) is 4.76. The Balaban J connectivity index is 3.16. The number of nitrogens with two attached hydrogens (primary N) is 1. The van der Waals surface area contributed by atoms with E-state index in [2.05, 4.69) is 0 Å². The second-order valence-electron chi connectivity index (χ2n) is 1.84. The van der Waals surface area contributed by atoms with Crippen molar-refractivity contribution >= 4 is 5.91 Å². The highest BCUT2D eigenvalue weighted by molar-refractivity contribution is 5.73. The molecule has 0 aliphatic heterocycles. The first-order chi connectivity index (χ1) is 4.16. The van der Waals surface area contributed by atoms with Gasteiger partial charge in [-0.3, -0.25) is 4.79 Å². The maximum atomic E-state index is 10.0. The predicted octanol–water partition coefficient (Wildman–Crippen LogP) is -1.39. The molecule has 4 N–H and O–H groups in total. The van der Waals surface area contributed by atoms with Crippen LogP contribution in [0.4, 0.5) is 0 Å². The molecular formula is C5H11NO3. The number of rotatable bonds is 4. The van der Waals surface area contributed by atoms with Gasteiger partial charge in [-0.25, -0.2) is 0 Å². The summed E-state index contributed by atoms with van der Waals surface area (Å²) in [6.07, 6.45) is -0.439. The summed E-state index contributed by atoms with van der Waals surface area (Å²) in [7, 11) is 0. The molecule has 0 rings (SSSR count). The summed E-state index contributed by atoms with van der Waals surface area (Å²) >= 11 is 0. The van der Waals surface area contributed by atoms with Crippen LogP contribution in [0.25, 0.3) is 0 Å². The maximum Gasteiger partial charge on any atom is 0.217 e. The number of primary amides is 1. The molecule has 4 heteroatoms. The van der Waals surface area contributed by atoms with Crippen LogP contribution in [0.2, 0.25) is 0 Å². The molecule has 0 aromatic rings. The van der Waals surface area contributed by atoms with Crippen LogP contribution in [0.15, 0.2) is 0 Å². The average Bonchev–Trinajstić information content (AvgIpc) is 1.83. The van der Waals surface area contributed by atoms with Gasteiger partial charge in [0.25, 0.3) is 0 Å². The molecule has 0 unspecified atom stereocenters. The number of carbonyl (C=O) groups is 1. The van der Waals surface area contributed by atoms with E-state index in [0.717, 1.165) is 0 Å². The minimum atomic E-state index is -0.808. The molecule has 0 saturated heterocycles. The predicted molar refractivity (Wildman–Crippen MR) is 31.5 cm³/mol. The summed E-state index contributed by atoms with van der Waals surface area (Å²) in [4.78, 5) is 10.0. The van der Waals surface area contributed by atoms with Crippen molar-refractivity contribution in [2.75, 3.05) is 6.61 Å². The van der Waals surface area contributed by atoms with E-state index in [1.54, 1.807) is 0 Å². The zero-order valence-electron chi connectivity index (χ0n) is 5.08. The van der Waals surface area contributed by atoms with Gasteiger partial charge >= 0.3 is 0 Å². The van der Waals surface area contributed by atoms with Crippen LogP contribution in [0, 0.1) is 0 Å². The normalized spacial score (nSPS) is 13.1. The van der Waals surface area contributed by atoms with Gasteiger partial charge in [0.2, 0.25) is 5.91 Å². The summed E-state index contributed by atoms with van der Waals surface area (Å²) in [6, 6.07) is 0. The van der Waals surface area contributed by atoms with Crippen LogP contribution in [0.1, 0.15) is 12.8 Å². The van der Waals surface area contributed by atoms with Gasteiger partial charge in [-0.15, -0.1) is 0 Å². The molecule has 0 fully saturated rings. The van der Waals surface area contributed by atoms with E-state index < -0.39 is 12.0 Å². The van der Waals surface area contributed by atoms with Gasteiger partial charge in [0.1, 0.15) is 0 Å². The van der Waals surface area contributed by atoms with Crippen LogP contribution in [0.3, 0.4) is 0 Å². The largest absolute Gasteiger partial charge is 0.394 e. The summed E-state index contributed by atoms with van der Waals surface area (Å²) in [6.45, 7) is -0.312. The van der Waals surface area contributed by atoms with E-state index in [0.29, 0.717) is 0 Å². The molecule has 0 aliphatic rings. The molecule has 9 heavy (non-hydrogen) atoms. The highest BCUT2D eigenvalue weighted by atomic mass is 16.3. The standard InChI is InChI=1S/C5H11NO3/c6-5(9)2-1-4(8)3-7/h4,7-8H,1-3H2,(H2,6,9)/t4-/m0/s1. The lowest BCUT2D eigenvalue weighted by Crippen LogP contribution is -2.17. The Morgan fingerprint density at radius 1 is 1.67 bits per heavy atom. The fourth-order valence-corrected chi connectivity index (χ4v) is 0.400. The zero-order valence-corrected chi connectivity index (χ0v) is 5.08. The third-order valence-electron chi connectivity index (χ3n) is 0.935. The fourth-order valence-electron chi connectivity index (χ4n) is 0.400. The summed E-state index contributed by atoms with van der Waals surface area (Å²) < 4.78 is 0. The van der Waals surface area contributed by atoms with Gasteiger partial charge in [-0.1, -0.05) is 0 Å². The number of hydrogen-bond donors (Lipinski definition) is 3. The van der Waals surface area contributed by atoms with E-state index in [1.807, 2.05) is 0 Å². The smallest absolute Gasteiger partial charge is 0.217 e. The van der Waals surface area contributed by atoms with Crippen molar-refractivity contribution in [1.29, 1.82) is 0 Å². The van der Waals surface area contributed by atoms with Gasteiger partial charge < -0.3 is 15.9 Å². The van der Waals surface area contributed by atoms with E-state index in [4.69, 9.17) is 15.9 Å². The number of amides is 1. The molecule has 54 valence electrons. The van der Waals surface area contributed by atoms with Crippen molar-refractivity contribution in [1.82, 2.24) is 0 Å². The molecule has 0 aromatic carbocycles. The third-order valence-corrected chi connectivity index (χ3v) is 0.935. The lowest BCUT2D eigenvalue weighted by Gasteiger charge is -2.02. The Hall–Kier alpha value is -0.610. The SMILES string of the molecule is NC(=O)CC[C@H](O)CO. The minimum Gasteiger partial charge on any atom is -0.394 e. The van der Waals surface area contributed by atoms with Gasteiger partial charge in [-0.2, -0.15) is 0 Å². The number of hydrogen-bond acceptors (Lipinski definition) is 3. The second-order valence-corrected chi connectivity index (χ2v) is 1.84. The van der Waals surface area contributed by atoms with Gasteiger partial charge in [-0.05, 0) is 6.42 Å². The second kappa shape index (κ2) is 4.29. The van der Waals surface area contributed by atoms with Crippen LogP contribution >= 0.6 is 0 Å². The van der Waals surface area contributed by atoms with E-state index in [-0.39, 0.29) is 19.4 Å². The van der Waals surface area contributed by atoms with Crippen molar-refractivity contribution < 1.29 is 15.0 Å². The molecular weight excluding hydrogens is 122 g/mol. The quantitative estimate of drug-likeness (QED) is 0.441. The van der Waals surface area contributed by atoms with Crippen LogP contribution in [0.5, 0.6) is 0 Å². The fraction of sp³-hybridized carbons (Fsp3) is 0.800. The monoisotopic (exact) mass is 133 g/mol. The molecule has 0 spiro atoms. The average molecular weight is 133 g/mol. The van der Waals surface area contributed by atoms with E-state index in [9.17, 15) is 4.79 Å². The number of carbonyl (C=O) groups excluding carboxylic acids is 1. The van der Waals surface area contributed by atoms with E-state index in [1.165, 1.54) is 0 Å². The Bertz CT molecular complexity index is 94.2. The molecule has 0 aliphatic carbocycles. The molecule has 0 saturated carbocycles. The zero-order chi connectivity index (χ0) is 7.28. The van der Waals surface area contributed by atoms with Gasteiger partial charge in [0.15, 0.2) is 0 Å². The van der Waals surface area contributed by atoms with E-state index >= 15 is 0 Å². The molecule has 0 heterocycles. The van der Waals surface area contributed by atoms with Crippen molar-refractivity contribution in [3.63, 3.8) is 0 Å². The van der Waals surface area contributed by atoms with Crippen LogP contribution in [-0.4, -0.2) is 28.8 Å². The lowest BCUT2D eigenvalue weighted by molar-refractivity contribution is -0.118. The first-order valence-electron chi connectivity index (χ1n) is 2.74. The molecule has 4 nitrogen and oxygen atoms in total. The number of aliphatic hydroxyl groups is 2. The summed E-state index contributed by atoms with van der Waals surface area (Å²) in [5, 5.41) is 16.9. The number of aliphatic hydroxyl groups excluding tert-OH is 2. The summed E-state index contributed by atoms with van der Waals surface area (Å²) in [5.74, 6) is -0.456. The van der Waals surface area contributed by atoms with Crippen LogP contribution in [-0.2, 0) is 4.79 Å². The highest BCUT2D eigenvalue weighted by Crippen LogP contribution is 1.93. The Labute approximate surface area is 53.3 Å². The van der Waals surface area contributed by atoms with Crippen molar-refractivity contribution in [3.05, 3.63) is 0 Å². The first-order valence-corrected chi connectivity index (χ1v) is 2.74. The van der Waals surface area contributed by atoms with Gasteiger partial charge in [0.05, 0.1) is 12.7 Å². The van der Waals surface area contributed by atoms with Crippen LogP contribution < -0.4 is 5.73 Å². The molecule has 0 radical (unpaired) electrons. The lowest BCUT2D eigenvalue weighted by atomic mass is 10.2. The van der Waals surface area contributed by atoms with Crippen molar-refractivity contribution in [2.24, 2.45) is 5.73 Å². The molecule has 0 aromatic heterocycles. The van der Waals surface area contributed by atoms with Crippen molar-refractivity contribution in [2.45, 2.75) is 18.9 Å². The molecule has 0 bridgehead atoms.